The SMILES string of the molecule is CC[C@@H](Cc1cnc(Cl)c(C(OC)OC)c1)c1ccc(Cl)c(C)c1. The molecule has 0 radical (unpaired) electrons. The molecular weight excluding hydrogens is 345 g/mol. The van der Waals surface area contributed by atoms with E-state index in [1.165, 1.54) is 5.56 Å². The second-order valence-corrected chi connectivity index (χ2v) is 6.61. The zero-order valence-corrected chi connectivity index (χ0v) is 16.0. The molecule has 3 nitrogen and oxygen atoms in total. The molecule has 0 saturated carbocycles. The summed E-state index contributed by atoms with van der Waals surface area (Å²) >= 11 is 12.3. The fraction of sp³-hybridized carbons (Fsp3) is 0.421. The van der Waals surface area contributed by atoms with Gasteiger partial charge in [0.25, 0.3) is 0 Å². The van der Waals surface area contributed by atoms with Gasteiger partial charge >= 0.3 is 0 Å². The standard InChI is InChI=1S/C19H23Cl2NO2/c1-5-14(15-6-7-17(20)12(2)8-15)9-13-10-16(18(21)22-11-13)19(23-3)24-4/h6-8,10-11,14,19H,5,9H2,1-4H3/t14-/m0/s1. The van der Waals surface area contributed by atoms with Crippen LogP contribution in [0.25, 0.3) is 0 Å². The number of nitrogens with zero attached hydrogens (tertiary/aromatic N) is 1. The first kappa shape index (κ1) is 19.2. The molecule has 2 rings (SSSR count). The summed E-state index contributed by atoms with van der Waals surface area (Å²) in [6.45, 7) is 4.22. The van der Waals surface area contributed by atoms with E-state index in [9.17, 15) is 0 Å². The van der Waals surface area contributed by atoms with Gasteiger partial charge in [0, 0.05) is 31.0 Å². The summed E-state index contributed by atoms with van der Waals surface area (Å²) in [6, 6.07) is 8.24. The first-order valence-corrected chi connectivity index (χ1v) is 8.71. The molecule has 0 aliphatic heterocycles. The van der Waals surface area contributed by atoms with E-state index >= 15 is 0 Å². The molecule has 0 unspecified atom stereocenters. The summed E-state index contributed by atoms with van der Waals surface area (Å²) in [4.78, 5) is 4.29. The van der Waals surface area contributed by atoms with Crippen LogP contribution in [0, 0.1) is 6.92 Å². The van der Waals surface area contributed by atoms with E-state index in [0.29, 0.717) is 11.1 Å². The van der Waals surface area contributed by atoms with E-state index in [4.69, 9.17) is 32.7 Å². The maximum atomic E-state index is 6.19. The van der Waals surface area contributed by atoms with E-state index < -0.39 is 6.29 Å². The van der Waals surface area contributed by atoms with Crippen molar-refractivity contribution in [2.24, 2.45) is 0 Å². The fourth-order valence-corrected chi connectivity index (χ4v) is 3.15. The van der Waals surface area contributed by atoms with Crippen molar-refractivity contribution >= 4 is 23.2 Å². The van der Waals surface area contributed by atoms with Gasteiger partial charge in [-0.1, -0.05) is 42.3 Å². The maximum absolute atomic E-state index is 6.19. The van der Waals surface area contributed by atoms with Crippen molar-refractivity contribution in [1.29, 1.82) is 0 Å². The van der Waals surface area contributed by atoms with Gasteiger partial charge in [-0.25, -0.2) is 4.98 Å². The Morgan fingerprint density at radius 3 is 2.42 bits per heavy atom. The molecule has 5 heteroatoms. The Morgan fingerprint density at radius 2 is 1.83 bits per heavy atom. The third-order valence-corrected chi connectivity index (χ3v) is 4.97. The third-order valence-electron chi connectivity index (χ3n) is 4.23. The molecule has 0 fully saturated rings. The molecule has 0 bridgehead atoms. The van der Waals surface area contributed by atoms with Crippen LogP contribution in [-0.4, -0.2) is 19.2 Å². The Labute approximate surface area is 153 Å². The van der Waals surface area contributed by atoms with Crippen LogP contribution in [0.15, 0.2) is 30.5 Å². The minimum atomic E-state index is -0.511. The first-order chi connectivity index (χ1) is 11.5. The number of rotatable bonds is 7. The fourth-order valence-electron chi connectivity index (χ4n) is 2.84. The molecule has 0 N–H and O–H groups in total. The molecule has 1 atom stereocenters. The normalized spacial score (nSPS) is 12.6. The first-order valence-electron chi connectivity index (χ1n) is 7.96. The average Bonchev–Trinajstić information content (AvgIpc) is 2.58. The lowest BCUT2D eigenvalue weighted by Gasteiger charge is -2.19. The van der Waals surface area contributed by atoms with Crippen LogP contribution in [0.5, 0.6) is 0 Å². The molecule has 0 amide bonds. The van der Waals surface area contributed by atoms with E-state index in [1.807, 2.05) is 25.3 Å². The third kappa shape index (κ3) is 4.48. The zero-order chi connectivity index (χ0) is 17.7. The predicted molar refractivity (Wildman–Crippen MR) is 98.9 cm³/mol. The number of hydrogen-bond acceptors (Lipinski definition) is 3. The number of hydrogen-bond donors (Lipinski definition) is 0. The second-order valence-electron chi connectivity index (χ2n) is 5.84. The summed E-state index contributed by atoms with van der Waals surface area (Å²) in [5, 5.41) is 1.20. The minimum absolute atomic E-state index is 0.389. The van der Waals surface area contributed by atoms with Crippen molar-refractivity contribution in [2.75, 3.05) is 14.2 Å². The largest absolute Gasteiger partial charge is 0.352 e. The van der Waals surface area contributed by atoms with Crippen LogP contribution in [0.1, 0.15) is 47.8 Å². The van der Waals surface area contributed by atoms with Crippen LogP contribution in [0.3, 0.4) is 0 Å². The van der Waals surface area contributed by atoms with Crippen molar-refractivity contribution in [3.63, 3.8) is 0 Å². The van der Waals surface area contributed by atoms with Gasteiger partial charge in [-0.2, -0.15) is 0 Å². The predicted octanol–water partition coefficient (Wildman–Crippen LogP) is 5.72. The zero-order valence-electron chi connectivity index (χ0n) is 14.5. The van der Waals surface area contributed by atoms with Gasteiger partial charge in [0.2, 0.25) is 0 Å². The van der Waals surface area contributed by atoms with Crippen LogP contribution in [0.2, 0.25) is 10.2 Å². The number of aryl methyl sites for hydroxylation is 1. The Bertz CT molecular complexity index is 687. The quantitative estimate of drug-likeness (QED) is 0.462. The van der Waals surface area contributed by atoms with Gasteiger partial charge in [0.05, 0.1) is 0 Å². The number of benzene rings is 1. The summed E-state index contributed by atoms with van der Waals surface area (Å²) in [6.07, 6.45) is 3.20. The Hall–Kier alpha value is -1.13. The van der Waals surface area contributed by atoms with E-state index in [0.717, 1.165) is 34.6 Å². The molecule has 1 aromatic carbocycles. The highest BCUT2D eigenvalue weighted by Crippen LogP contribution is 2.30. The van der Waals surface area contributed by atoms with Crippen molar-refractivity contribution in [3.05, 3.63) is 62.9 Å². The summed E-state index contributed by atoms with van der Waals surface area (Å²) in [5.41, 5.74) is 4.24. The molecule has 24 heavy (non-hydrogen) atoms. The highest BCUT2D eigenvalue weighted by atomic mass is 35.5. The second kappa shape index (κ2) is 8.82. The maximum Gasteiger partial charge on any atom is 0.186 e. The molecule has 130 valence electrons. The lowest BCUT2D eigenvalue weighted by Crippen LogP contribution is -2.08. The van der Waals surface area contributed by atoms with Crippen LogP contribution >= 0.6 is 23.2 Å². The number of halogens is 2. The molecule has 0 aliphatic carbocycles. The van der Waals surface area contributed by atoms with E-state index in [2.05, 4.69) is 24.0 Å². The molecule has 0 saturated heterocycles. The van der Waals surface area contributed by atoms with Crippen molar-refractivity contribution in [1.82, 2.24) is 4.98 Å². The highest BCUT2D eigenvalue weighted by Gasteiger charge is 2.17. The van der Waals surface area contributed by atoms with Gasteiger partial charge < -0.3 is 9.47 Å². The summed E-state index contributed by atoms with van der Waals surface area (Å²) in [5.74, 6) is 0.389. The lowest BCUT2D eigenvalue weighted by atomic mass is 9.89. The van der Waals surface area contributed by atoms with Gasteiger partial charge in [-0.15, -0.1) is 0 Å². The van der Waals surface area contributed by atoms with Crippen molar-refractivity contribution in [2.45, 2.75) is 38.9 Å². The number of methoxy groups -OCH3 is 2. The summed E-state index contributed by atoms with van der Waals surface area (Å²) < 4.78 is 10.6. The number of pyridine rings is 1. The number of aromatic nitrogens is 1. The molecule has 1 aromatic heterocycles. The minimum Gasteiger partial charge on any atom is -0.352 e. The molecule has 2 aromatic rings. The molecule has 0 aliphatic rings. The van der Waals surface area contributed by atoms with Crippen molar-refractivity contribution < 1.29 is 9.47 Å². The summed E-state index contributed by atoms with van der Waals surface area (Å²) in [7, 11) is 3.17. The van der Waals surface area contributed by atoms with E-state index in [-0.39, 0.29) is 0 Å². The molecule has 0 spiro atoms. The number of ether oxygens (including phenoxy) is 2. The van der Waals surface area contributed by atoms with Crippen molar-refractivity contribution in [3.8, 4) is 0 Å². The Kier molecular flexibility index (Phi) is 7.05. The molecular formula is C19H23Cl2NO2. The smallest absolute Gasteiger partial charge is 0.186 e. The van der Waals surface area contributed by atoms with Gasteiger partial charge in [-0.05, 0) is 54.5 Å². The highest BCUT2D eigenvalue weighted by molar-refractivity contribution is 6.31. The Morgan fingerprint density at radius 1 is 1.12 bits per heavy atom. The Balaban J connectivity index is 2.27. The van der Waals surface area contributed by atoms with Gasteiger partial charge in [0.1, 0.15) is 5.15 Å². The van der Waals surface area contributed by atoms with Crippen LogP contribution in [0.4, 0.5) is 0 Å². The van der Waals surface area contributed by atoms with Gasteiger partial charge in [0.15, 0.2) is 6.29 Å². The van der Waals surface area contributed by atoms with Crippen LogP contribution < -0.4 is 0 Å². The average molecular weight is 368 g/mol. The van der Waals surface area contributed by atoms with Gasteiger partial charge in [-0.3, -0.25) is 0 Å². The van der Waals surface area contributed by atoms with E-state index in [1.54, 1.807) is 14.2 Å². The van der Waals surface area contributed by atoms with Crippen LogP contribution in [-0.2, 0) is 15.9 Å². The monoisotopic (exact) mass is 367 g/mol. The topological polar surface area (TPSA) is 31.4 Å². The lowest BCUT2D eigenvalue weighted by molar-refractivity contribution is -0.106. The molecule has 1 heterocycles.